The van der Waals surface area contributed by atoms with Crippen molar-refractivity contribution in [3.63, 3.8) is 0 Å². The van der Waals surface area contributed by atoms with Gasteiger partial charge in [0, 0.05) is 6.04 Å². The van der Waals surface area contributed by atoms with Crippen molar-refractivity contribution >= 4 is 11.9 Å². The first-order chi connectivity index (χ1) is 11.7. The van der Waals surface area contributed by atoms with Crippen molar-refractivity contribution in [2.45, 2.75) is 38.9 Å². The molecule has 1 aromatic rings. The first-order valence-corrected chi connectivity index (χ1v) is 8.11. The smallest absolute Gasteiger partial charge is 0.329 e. The van der Waals surface area contributed by atoms with Crippen molar-refractivity contribution in [2.24, 2.45) is 0 Å². The molecule has 0 aromatic heterocycles. The largest absolute Gasteiger partial charge is 0.405 e. The summed E-state index contributed by atoms with van der Waals surface area (Å²) in [6, 6.07) is 5.09. The molecular formula is C17H22F3N3O2. The molecule has 5 nitrogen and oxygen atoms in total. The zero-order valence-corrected chi connectivity index (χ0v) is 14.2. The van der Waals surface area contributed by atoms with Crippen LogP contribution in [-0.4, -0.2) is 42.6 Å². The van der Waals surface area contributed by atoms with Crippen LogP contribution in [0.15, 0.2) is 18.2 Å². The maximum Gasteiger partial charge on any atom is 0.405 e. The van der Waals surface area contributed by atoms with Gasteiger partial charge in [0.2, 0.25) is 5.91 Å². The molecule has 25 heavy (non-hydrogen) atoms. The topological polar surface area (TPSA) is 61.4 Å². The van der Waals surface area contributed by atoms with Gasteiger partial charge in [-0.2, -0.15) is 13.2 Å². The zero-order chi connectivity index (χ0) is 18.6. The van der Waals surface area contributed by atoms with E-state index in [-0.39, 0.29) is 12.6 Å². The van der Waals surface area contributed by atoms with Crippen molar-refractivity contribution in [1.29, 1.82) is 0 Å². The normalized spacial score (nSPS) is 18.2. The Balaban J connectivity index is 1.91. The van der Waals surface area contributed by atoms with Gasteiger partial charge in [-0.25, -0.2) is 4.79 Å². The van der Waals surface area contributed by atoms with Gasteiger partial charge in [0.25, 0.3) is 0 Å². The van der Waals surface area contributed by atoms with Gasteiger partial charge in [0.1, 0.15) is 6.54 Å². The number of benzene rings is 1. The molecule has 2 rings (SSSR count). The van der Waals surface area contributed by atoms with Gasteiger partial charge in [-0.1, -0.05) is 18.2 Å². The fraction of sp³-hybridized carbons (Fsp3) is 0.529. The van der Waals surface area contributed by atoms with Gasteiger partial charge in [-0.05, 0) is 49.9 Å². The van der Waals surface area contributed by atoms with E-state index in [1.54, 1.807) is 5.32 Å². The highest BCUT2D eigenvalue weighted by atomic mass is 19.4. The quantitative estimate of drug-likeness (QED) is 0.871. The Morgan fingerprint density at radius 1 is 1.24 bits per heavy atom. The maximum atomic E-state index is 12.0. The number of aryl methyl sites for hydroxylation is 2. The van der Waals surface area contributed by atoms with Crippen molar-refractivity contribution < 1.29 is 22.8 Å². The van der Waals surface area contributed by atoms with Crippen molar-refractivity contribution in [3.8, 4) is 0 Å². The minimum Gasteiger partial charge on any atom is -0.329 e. The highest BCUT2D eigenvalue weighted by Crippen LogP contribution is 2.32. The molecule has 1 atom stereocenters. The van der Waals surface area contributed by atoms with Gasteiger partial charge < -0.3 is 5.32 Å². The third-order valence-corrected chi connectivity index (χ3v) is 4.33. The summed E-state index contributed by atoms with van der Waals surface area (Å²) in [6.45, 7) is 3.25. The van der Waals surface area contributed by atoms with E-state index >= 15 is 0 Å². The number of hydrogen-bond donors (Lipinski definition) is 2. The first kappa shape index (κ1) is 19.2. The number of halogens is 3. The number of rotatable bonds is 4. The molecule has 2 N–H and O–H groups in total. The third-order valence-electron chi connectivity index (χ3n) is 4.33. The summed E-state index contributed by atoms with van der Waals surface area (Å²) in [5.74, 6) is -0.615. The fourth-order valence-corrected chi connectivity index (χ4v) is 2.94. The lowest BCUT2D eigenvalue weighted by molar-refractivity contribution is -0.125. The van der Waals surface area contributed by atoms with Crippen LogP contribution in [0.2, 0.25) is 0 Å². The summed E-state index contributed by atoms with van der Waals surface area (Å²) < 4.78 is 36.1. The molecule has 138 valence electrons. The van der Waals surface area contributed by atoms with E-state index in [0.717, 1.165) is 18.4 Å². The lowest BCUT2D eigenvalue weighted by atomic mass is 9.99. The summed E-state index contributed by atoms with van der Waals surface area (Å²) in [5.41, 5.74) is 3.46. The van der Waals surface area contributed by atoms with Crippen molar-refractivity contribution in [2.75, 3.05) is 19.6 Å². The molecule has 0 aliphatic carbocycles. The number of hydrogen-bond acceptors (Lipinski definition) is 3. The molecule has 1 fully saturated rings. The maximum absolute atomic E-state index is 12.0. The predicted molar refractivity (Wildman–Crippen MR) is 87.1 cm³/mol. The monoisotopic (exact) mass is 357 g/mol. The molecule has 0 spiro atoms. The number of amides is 3. The Labute approximate surface area is 144 Å². The number of carbonyl (C=O) groups is 2. The Morgan fingerprint density at radius 2 is 1.96 bits per heavy atom. The number of nitrogens with one attached hydrogen (secondary N) is 2. The molecule has 1 saturated heterocycles. The molecule has 0 radical (unpaired) electrons. The summed E-state index contributed by atoms with van der Waals surface area (Å²) in [6.07, 6.45) is -2.69. The minimum absolute atomic E-state index is 0.0307. The lowest BCUT2D eigenvalue weighted by Gasteiger charge is -2.24. The van der Waals surface area contributed by atoms with E-state index in [9.17, 15) is 22.8 Å². The van der Waals surface area contributed by atoms with Crippen LogP contribution in [-0.2, 0) is 4.79 Å². The van der Waals surface area contributed by atoms with Gasteiger partial charge in [0.05, 0.1) is 6.54 Å². The van der Waals surface area contributed by atoms with Crippen molar-refractivity contribution in [3.05, 3.63) is 34.9 Å². The fourth-order valence-electron chi connectivity index (χ4n) is 2.94. The molecule has 0 saturated carbocycles. The van der Waals surface area contributed by atoms with Crippen LogP contribution in [0.1, 0.15) is 35.6 Å². The average molecular weight is 357 g/mol. The van der Waals surface area contributed by atoms with Crippen LogP contribution >= 0.6 is 0 Å². The molecular weight excluding hydrogens is 335 g/mol. The second-order valence-electron chi connectivity index (χ2n) is 6.32. The number of urea groups is 1. The Kier molecular flexibility index (Phi) is 6.05. The highest BCUT2D eigenvalue weighted by molar-refractivity contribution is 5.95. The van der Waals surface area contributed by atoms with Crippen LogP contribution in [0.4, 0.5) is 18.0 Å². The van der Waals surface area contributed by atoms with E-state index in [2.05, 4.69) is 6.07 Å². The summed E-state index contributed by atoms with van der Waals surface area (Å²) in [5, 5.41) is 3.56. The predicted octanol–water partition coefficient (Wildman–Crippen LogP) is 2.83. The molecule has 0 bridgehead atoms. The standard InChI is InChI=1S/C17H22F3N3O2/c1-11-5-6-13(8-12(11)2)14-4-3-7-23(14)9-15(24)22-16(25)21-10-17(18,19)20/h5-6,8,14H,3-4,7,9-10H2,1-2H3,(H2,21,22,24,25). The van der Waals surface area contributed by atoms with Crippen LogP contribution in [0.3, 0.4) is 0 Å². The SMILES string of the molecule is Cc1ccc(C2CCCN2CC(=O)NC(=O)NCC(F)(F)F)cc1C. The highest BCUT2D eigenvalue weighted by Gasteiger charge is 2.30. The third kappa shape index (κ3) is 5.74. The Hall–Kier alpha value is -2.09. The van der Waals surface area contributed by atoms with Crippen LogP contribution in [0.5, 0.6) is 0 Å². The number of likely N-dealkylation sites (tertiary alicyclic amines) is 1. The van der Waals surface area contributed by atoms with Gasteiger partial charge in [-0.15, -0.1) is 0 Å². The second-order valence-corrected chi connectivity index (χ2v) is 6.32. The van der Waals surface area contributed by atoms with E-state index in [1.807, 2.05) is 36.2 Å². The van der Waals surface area contributed by atoms with Crippen LogP contribution in [0.25, 0.3) is 0 Å². The first-order valence-electron chi connectivity index (χ1n) is 8.11. The number of nitrogens with zero attached hydrogens (tertiary/aromatic N) is 1. The number of carbonyl (C=O) groups excluding carboxylic acids is 2. The molecule has 3 amide bonds. The van der Waals surface area contributed by atoms with E-state index in [4.69, 9.17) is 0 Å². The molecule has 1 aliphatic heterocycles. The van der Waals surface area contributed by atoms with Gasteiger partial charge in [0.15, 0.2) is 0 Å². The van der Waals surface area contributed by atoms with E-state index < -0.39 is 24.7 Å². The minimum atomic E-state index is -4.51. The summed E-state index contributed by atoms with van der Waals surface area (Å²) >= 11 is 0. The van der Waals surface area contributed by atoms with E-state index in [1.165, 1.54) is 11.1 Å². The zero-order valence-electron chi connectivity index (χ0n) is 14.2. The number of alkyl halides is 3. The Bertz CT molecular complexity index is 647. The summed E-state index contributed by atoms with van der Waals surface area (Å²) in [7, 11) is 0. The second kappa shape index (κ2) is 7.86. The van der Waals surface area contributed by atoms with Gasteiger partial charge >= 0.3 is 12.2 Å². The molecule has 1 aromatic carbocycles. The van der Waals surface area contributed by atoms with E-state index in [0.29, 0.717) is 6.54 Å². The molecule has 1 heterocycles. The van der Waals surface area contributed by atoms with Gasteiger partial charge in [-0.3, -0.25) is 15.0 Å². The molecule has 1 aliphatic rings. The van der Waals surface area contributed by atoms with Crippen LogP contribution < -0.4 is 10.6 Å². The van der Waals surface area contributed by atoms with Crippen LogP contribution in [0, 0.1) is 13.8 Å². The average Bonchev–Trinajstić information content (AvgIpc) is 2.95. The molecule has 8 heteroatoms. The van der Waals surface area contributed by atoms with Crippen molar-refractivity contribution in [1.82, 2.24) is 15.5 Å². The summed E-state index contributed by atoms with van der Waals surface area (Å²) in [4.78, 5) is 25.2. The molecule has 1 unspecified atom stereocenters. The Morgan fingerprint density at radius 3 is 2.60 bits per heavy atom. The lowest BCUT2D eigenvalue weighted by Crippen LogP contribution is -2.46. The number of imide groups is 1.